The van der Waals surface area contributed by atoms with E-state index in [9.17, 15) is 0 Å². The molecular formula is C19H18BrN3O2. The van der Waals surface area contributed by atoms with Gasteiger partial charge in [0.1, 0.15) is 23.0 Å². The van der Waals surface area contributed by atoms with Gasteiger partial charge in [-0.2, -0.15) is 5.10 Å². The van der Waals surface area contributed by atoms with Crippen molar-refractivity contribution >= 4 is 21.7 Å². The SMILES string of the molecule is COc1cccc(OC)c1-c1nn(-c2ccc(Br)cc2)c2c1CCN2. The van der Waals surface area contributed by atoms with Crippen LogP contribution in [0.25, 0.3) is 16.9 Å². The van der Waals surface area contributed by atoms with Crippen molar-refractivity contribution in [2.24, 2.45) is 0 Å². The lowest BCUT2D eigenvalue weighted by molar-refractivity contribution is 0.397. The van der Waals surface area contributed by atoms with Gasteiger partial charge in [-0.3, -0.25) is 0 Å². The Labute approximate surface area is 154 Å². The lowest BCUT2D eigenvalue weighted by atomic mass is 10.0. The first kappa shape index (κ1) is 16.0. The van der Waals surface area contributed by atoms with Crippen LogP contribution in [0.1, 0.15) is 5.56 Å². The minimum atomic E-state index is 0.759. The van der Waals surface area contributed by atoms with Gasteiger partial charge < -0.3 is 14.8 Å². The van der Waals surface area contributed by atoms with E-state index < -0.39 is 0 Å². The highest BCUT2D eigenvalue weighted by Gasteiger charge is 2.27. The molecule has 1 aliphatic heterocycles. The van der Waals surface area contributed by atoms with Crippen molar-refractivity contribution in [3.8, 4) is 28.4 Å². The largest absolute Gasteiger partial charge is 0.496 e. The molecule has 0 unspecified atom stereocenters. The highest BCUT2D eigenvalue weighted by Crippen LogP contribution is 2.43. The van der Waals surface area contributed by atoms with E-state index in [1.807, 2.05) is 47.1 Å². The molecule has 0 atom stereocenters. The van der Waals surface area contributed by atoms with Crippen LogP contribution in [0.4, 0.5) is 5.82 Å². The number of nitrogens with zero attached hydrogens (tertiary/aromatic N) is 2. The molecule has 1 aromatic heterocycles. The first-order chi connectivity index (χ1) is 12.2. The zero-order chi connectivity index (χ0) is 17.4. The Hall–Kier alpha value is -2.47. The number of fused-ring (bicyclic) bond motifs is 1. The zero-order valence-electron chi connectivity index (χ0n) is 14.0. The Morgan fingerprint density at radius 2 is 1.72 bits per heavy atom. The van der Waals surface area contributed by atoms with Crippen LogP contribution in [0.15, 0.2) is 46.9 Å². The van der Waals surface area contributed by atoms with Crippen molar-refractivity contribution in [3.05, 3.63) is 52.5 Å². The van der Waals surface area contributed by atoms with Gasteiger partial charge in [0.2, 0.25) is 0 Å². The Morgan fingerprint density at radius 1 is 1.04 bits per heavy atom. The van der Waals surface area contributed by atoms with Crippen LogP contribution in [-0.4, -0.2) is 30.5 Å². The number of ether oxygens (including phenoxy) is 2. The molecule has 2 heterocycles. The topological polar surface area (TPSA) is 48.3 Å². The molecule has 1 N–H and O–H groups in total. The van der Waals surface area contributed by atoms with E-state index in [1.165, 1.54) is 5.56 Å². The molecule has 5 nitrogen and oxygen atoms in total. The molecule has 0 aliphatic carbocycles. The van der Waals surface area contributed by atoms with Gasteiger partial charge in [0.25, 0.3) is 0 Å². The maximum Gasteiger partial charge on any atom is 0.133 e. The molecule has 4 rings (SSSR count). The van der Waals surface area contributed by atoms with Gasteiger partial charge in [-0.25, -0.2) is 4.68 Å². The van der Waals surface area contributed by atoms with Crippen molar-refractivity contribution in [1.29, 1.82) is 0 Å². The van der Waals surface area contributed by atoms with E-state index >= 15 is 0 Å². The number of halogens is 1. The predicted molar refractivity (Wildman–Crippen MR) is 102 cm³/mol. The van der Waals surface area contributed by atoms with Crippen LogP contribution >= 0.6 is 15.9 Å². The predicted octanol–water partition coefficient (Wildman–Crippen LogP) is 4.29. The summed E-state index contributed by atoms with van der Waals surface area (Å²) in [6.07, 6.45) is 0.919. The van der Waals surface area contributed by atoms with Crippen molar-refractivity contribution in [2.45, 2.75) is 6.42 Å². The molecule has 128 valence electrons. The number of nitrogens with one attached hydrogen (secondary N) is 1. The first-order valence-electron chi connectivity index (χ1n) is 8.06. The summed E-state index contributed by atoms with van der Waals surface area (Å²) >= 11 is 3.48. The Balaban J connectivity index is 1.94. The van der Waals surface area contributed by atoms with Crippen LogP contribution in [0.2, 0.25) is 0 Å². The van der Waals surface area contributed by atoms with E-state index in [-0.39, 0.29) is 0 Å². The standard InChI is InChI=1S/C19H18BrN3O2/c1-24-15-4-3-5-16(25-2)17(15)18-14-10-11-21-19(14)23(22-18)13-8-6-12(20)7-9-13/h3-9,21H,10-11H2,1-2H3. The summed E-state index contributed by atoms with van der Waals surface area (Å²) in [5, 5.41) is 8.35. The molecule has 6 heteroatoms. The van der Waals surface area contributed by atoms with E-state index in [4.69, 9.17) is 14.6 Å². The van der Waals surface area contributed by atoms with E-state index in [1.54, 1.807) is 14.2 Å². The monoisotopic (exact) mass is 399 g/mol. The second-order valence-corrected chi connectivity index (χ2v) is 6.69. The lowest BCUT2D eigenvalue weighted by Gasteiger charge is -2.12. The molecule has 25 heavy (non-hydrogen) atoms. The third-order valence-corrected chi connectivity index (χ3v) is 4.92. The Kier molecular flexibility index (Phi) is 4.13. The Bertz CT molecular complexity index is 897. The molecule has 0 bridgehead atoms. The van der Waals surface area contributed by atoms with E-state index in [2.05, 4.69) is 21.2 Å². The van der Waals surface area contributed by atoms with Crippen molar-refractivity contribution in [1.82, 2.24) is 9.78 Å². The summed E-state index contributed by atoms with van der Waals surface area (Å²) in [5.74, 6) is 2.55. The summed E-state index contributed by atoms with van der Waals surface area (Å²) < 4.78 is 14.1. The number of benzene rings is 2. The second-order valence-electron chi connectivity index (χ2n) is 5.78. The zero-order valence-corrected chi connectivity index (χ0v) is 15.6. The number of rotatable bonds is 4. The smallest absolute Gasteiger partial charge is 0.133 e. The summed E-state index contributed by atoms with van der Waals surface area (Å²) in [6, 6.07) is 13.9. The fourth-order valence-corrected chi connectivity index (χ4v) is 3.49. The average molecular weight is 400 g/mol. The third-order valence-electron chi connectivity index (χ3n) is 4.39. The number of anilines is 1. The molecule has 1 aliphatic rings. The minimum Gasteiger partial charge on any atom is -0.496 e. The van der Waals surface area contributed by atoms with E-state index in [0.29, 0.717) is 0 Å². The average Bonchev–Trinajstić information content (AvgIpc) is 3.24. The van der Waals surface area contributed by atoms with Crippen LogP contribution < -0.4 is 14.8 Å². The van der Waals surface area contributed by atoms with Gasteiger partial charge in [0.15, 0.2) is 0 Å². The molecule has 0 fully saturated rings. The van der Waals surface area contributed by atoms with Crippen molar-refractivity contribution < 1.29 is 9.47 Å². The van der Waals surface area contributed by atoms with E-state index in [0.717, 1.165) is 51.7 Å². The third kappa shape index (κ3) is 2.66. The molecule has 2 aromatic carbocycles. The van der Waals surface area contributed by atoms with Crippen LogP contribution in [0.3, 0.4) is 0 Å². The second kappa shape index (κ2) is 6.44. The lowest BCUT2D eigenvalue weighted by Crippen LogP contribution is -2.04. The van der Waals surface area contributed by atoms with Crippen molar-refractivity contribution in [3.63, 3.8) is 0 Å². The quantitative estimate of drug-likeness (QED) is 0.710. The molecule has 0 saturated carbocycles. The molecule has 0 spiro atoms. The maximum absolute atomic E-state index is 5.58. The normalized spacial score (nSPS) is 12.6. The summed E-state index contributed by atoms with van der Waals surface area (Å²) in [7, 11) is 3.34. The molecule has 3 aromatic rings. The number of hydrogen-bond acceptors (Lipinski definition) is 4. The van der Waals surface area contributed by atoms with Gasteiger partial charge in [0, 0.05) is 16.6 Å². The van der Waals surface area contributed by atoms with Gasteiger partial charge >= 0.3 is 0 Å². The van der Waals surface area contributed by atoms with Gasteiger partial charge in [-0.05, 0) is 42.8 Å². The highest BCUT2D eigenvalue weighted by atomic mass is 79.9. The number of methoxy groups -OCH3 is 2. The van der Waals surface area contributed by atoms with Gasteiger partial charge in [0.05, 0.1) is 25.5 Å². The molecule has 0 saturated heterocycles. The molecule has 0 radical (unpaired) electrons. The van der Waals surface area contributed by atoms with Crippen molar-refractivity contribution in [2.75, 3.05) is 26.1 Å². The summed E-state index contributed by atoms with van der Waals surface area (Å²) in [4.78, 5) is 0. The minimum absolute atomic E-state index is 0.759. The molecule has 0 amide bonds. The van der Waals surface area contributed by atoms with Gasteiger partial charge in [-0.1, -0.05) is 22.0 Å². The fraction of sp³-hybridized carbons (Fsp3) is 0.211. The molecular weight excluding hydrogens is 382 g/mol. The van der Waals surface area contributed by atoms with Gasteiger partial charge in [-0.15, -0.1) is 0 Å². The summed E-state index contributed by atoms with van der Waals surface area (Å²) in [5.41, 5.74) is 3.99. The van der Waals surface area contributed by atoms with Crippen LogP contribution in [0, 0.1) is 0 Å². The fourth-order valence-electron chi connectivity index (χ4n) is 3.23. The van der Waals surface area contributed by atoms with Crippen LogP contribution in [-0.2, 0) is 6.42 Å². The highest BCUT2D eigenvalue weighted by molar-refractivity contribution is 9.10. The number of aromatic nitrogens is 2. The Morgan fingerprint density at radius 3 is 2.36 bits per heavy atom. The maximum atomic E-state index is 5.58. The van der Waals surface area contributed by atoms with Crippen LogP contribution in [0.5, 0.6) is 11.5 Å². The summed E-state index contributed by atoms with van der Waals surface area (Å²) in [6.45, 7) is 0.897. The first-order valence-corrected chi connectivity index (χ1v) is 8.85. The number of hydrogen-bond donors (Lipinski definition) is 1.